The van der Waals surface area contributed by atoms with Crippen LogP contribution in [0.4, 0.5) is 0 Å². The Morgan fingerprint density at radius 2 is 1.80 bits per heavy atom. The van der Waals surface area contributed by atoms with Crippen molar-refractivity contribution < 1.29 is 9.47 Å². The van der Waals surface area contributed by atoms with Crippen LogP contribution in [0, 0.1) is 5.41 Å². The van der Waals surface area contributed by atoms with E-state index >= 15 is 0 Å². The molecule has 0 saturated carbocycles. The van der Waals surface area contributed by atoms with Crippen LogP contribution in [0.3, 0.4) is 0 Å². The van der Waals surface area contributed by atoms with Crippen molar-refractivity contribution in [3.05, 3.63) is 17.7 Å². The maximum Gasteiger partial charge on any atom is 0.162 e. The Balaban J connectivity index is 2.14. The maximum absolute atomic E-state index is 5.68. The van der Waals surface area contributed by atoms with Crippen molar-refractivity contribution in [3.8, 4) is 11.5 Å². The van der Waals surface area contributed by atoms with E-state index in [0.29, 0.717) is 19.3 Å². The number of hydrogen-bond acceptors (Lipinski definition) is 4. The number of fused-ring (bicyclic) bond motifs is 1. The summed E-state index contributed by atoms with van der Waals surface area (Å²) in [6.45, 7) is 11.1. The molecule has 1 unspecified atom stereocenters. The van der Waals surface area contributed by atoms with Crippen molar-refractivity contribution in [1.82, 2.24) is 5.32 Å². The van der Waals surface area contributed by atoms with E-state index in [1.807, 2.05) is 0 Å². The number of benzene rings is 1. The molecule has 1 aromatic carbocycles. The summed E-state index contributed by atoms with van der Waals surface area (Å²) in [5.41, 5.74) is 1.53. The standard InChI is InChI=1S/C16H25NO2S/c1-11(16(2,3)4)17-10-12-8-13-14(9-15(12)20-5)19-7-6-18-13/h8-9,11,17H,6-7,10H2,1-5H3. The van der Waals surface area contributed by atoms with Crippen molar-refractivity contribution >= 4 is 11.8 Å². The molecular weight excluding hydrogens is 270 g/mol. The van der Waals surface area contributed by atoms with E-state index in [0.717, 1.165) is 18.0 Å². The summed E-state index contributed by atoms with van der Waals surface area (Å²) in [6, 6.07) is 4.66. The molecule has 1 N–H and O–H groups in total. The lowest BCUT2D eigenvalue weighted by molar-refractivity contribution is 0.170. The van der Waals surface area contributed by atoms with Gasteiger partial charge in [-0.1, -0.05) is 20.8 Å². The smallest absolute Gasteiger partial charge is 0.162 e. The van der Waals surface area contributed by atoms with Gasteiger partial charge in [-0.3, -0.25) is 0 Å². The lowest BCUT2D eigenvalue weighted by Crippen LogP contribution is -2.37. The average Bonchev–Trinajstić information content (AvgIpc) is 2.42. The van der Waals surface area contributed by atoms with Crippen molar-refractivity contribution in [2.45, 2.75) is 45.2 Å². The van der Waals surface area contributed by atoms with Gasteiger partial charge in [-0.05, 0) is 36.3 Å². The Kier molecular flexibility index (Phi) is 4.86. The van der Waals surface area contributed by atoms with Crippen LogP contribution in [0.5, 0.6) is 11.5 Å². The second-order valence-electron chi connectivity index (χ2n) is 6.28. The fourth-order valence-electron chi connectivity index (χ4n) is 2.01. The Bertz CT molecular complexity index is 468. The molecule has 1 heterocycles. The molecule has 0 radical (unpaired) electrons. The first-order chi connectivity index (χ1) is 9.41. The second-order valence-corrected chi connectivity index (χ2v) is 7.12. The minimum absolute atomic E-state index is 0.257. The number of rotatable bonds is 4. The molecule has 20 heavy (non-hydrogen) atoms. The lowest BCUT2D eigenvalue weighted by atomic mass is 9.88. The number of thioether (sulfide) groups is 1. The molecule has 1 atom stereocenters. The first-order valence-electron chi connectivity index (χ1n) is 7.11. The van der Waals surface area contributed by atoms with Crippen molar-refractivity contribution in [2.24, 2.45) is 5.41 Å². The number of hydrogen-bond donors (Lipinski definition) is 1. The van der Waals surface area contributed by atoms with E-state index in [1.54, 1.807) is 11.8 Å². The predicted octanol–water partition coefficient (Wildman–Crippen LogP) is 3.70. The molecule has 1 aromatic rings. The van der Waals surface area contributed by atoms with Crippen LogP contribution in [0.15, 0.2) is 17.0 Å². The van der Waals surface area contributed by atoms with E-state index in [1.165, 1.54) is 10.5 Å². The van der Waals surface area contributed by atoms with Gasteiger partial charge >= 0.3 is 0 Å². The topological polar surface area (TPSA) is 30.5 Å². The molecular formula is C16H25NO2S. The molecule has 1 aliphatic heterocycles. The highest BCUT2D eigenvalue weighted by molar-refractivity contribution is 7.98. The third-order valence-corrected chi connectivity index (χ3v) is 4.66. The molecule has 2 rings (SSSR count). The largest absolute Gasteiger partial charge is 0.486 e. The average molecular weight is 295 g/mol. The Morgan fingerprint density at radius 1 is 1.20 bits per heavy atom. The molecule has 0 aromatic heterocycles. The van der Waals surface area contributed by atoms with E-state index in [9.17, 15) is 0 Å². The van der Waals surface area contributed by atoms with Crippen molar-refractivity contribution in [1.29, 1.82) is 0 Å². The zero-order valence-electron chi connectivity index (χ0n) is 13.1. The zero-order valence-corrected chi connectivity index (χ0v) is 13.9. The Labute approximate surface area is 126 Å². The summed E-state index contributed by atoms with van der Waals surface area (Å²) in [6.07, 6.45) is 2.10. The van der Waals surface area contributed by atoms with Gasteiger partial charge in [-0.25, -0.2) is 0 Å². The highest BCUT2D eigenvalue weighted by atomic mass is 32.2. The third kappa shape index (κ3) is 3.61. The van der Waals surface area contributed by atoms with E-state index in [4.69, 9.17) is 9.47 Å². The SMILES string of the molecule is CSc1cc2c(cc1CNC(C)C(C)(C)C)OCCO2. The third-order valence-electron chi connectivity index (χ3n) is 3.84. The first kappa shape index (κ1) is 15.5. The number of ether oxygens (including phenoxy) is 2. The fraction of sp³-hybridized carbons (Fsp3) is 0.625. The summed E-state index contributed by atoms with van der Waals surface area (Å²) >= 11 is 1.75. The van der Waals surface area contributed by atoms with Gasteiger partial charge in [0.25, 0.3) is 0 Å². The van der Waals surface area contributed by atoms with Gasteiger partial charge < -0.3 is 14.8 Å². The normalized spacial score (nSPS) is 16.1. The summed E-state index contributed by atoms with van der Waals surface area (Å²) in [7, 11) is 0. The molecule has 0 spiro atoms. The van der Waals surface area contributed by atoms with Crippen LogP contribution in [-0.4, -0.2) is 25.5 Å². The van der Waals surface area contributed by atoms with Gasteiger partial charge in [0.1, 0.15) is 13.2 Å². The summed E-state index contributed by atoms with van der Waals surface area (Å²) in [4.78, 5) is 1.25. The van der Waals surface area contributed by atoms with E-state index in [-0.39, 0.29) is 5.41 Å². The minimum atomic E-state index is 0.257. The van der Waals surface area contributed by atoms with E-state index in [2.05, 4.69) is 51.4 Å². The molecule has 4 heteroatoms. The van der Waals surface area contributed by atoms with Gasteiger partial charge in [-0.15, -0.1) is 11.8 Å². The quantitative estimate of drug-likeness (QED) is 0.858. The summed E-state index contributed by atoms with van der Waals surface area (Å²) < 4.78 is 11.3. The molecule has 3 nitrogen and oxygen atoms in total. The van der Waals surface area contributed by atoms with Crippen molar-refractivity contribution in [2.75, 3.05) is 19.5 Å². The first-order valence-corrected chi connectivity index (χ1v) is 8.34. The van der Waals surface area contributed by atoms with Gasteiger partial charge in [0.2, 0.25) is 0 Å². The van der Waals surface area contributed by atoms with Crippen molar-refractivity contribution in [3.63, 3.8) is 0 Å². The lowest BCUT2D eigenvalue weighted by Gasteiger charge is -2.29. The molecule has 1 aliphatic rings. The maximum atomic E-state index is 5.68. The van der Waals surface area contributed by atoms with Crippen LogP contribution in [0.25, 0.3) is 0 Å². The van der Waals surface area contributed by atoms with Crippen LogP contribution in [-0.2, 0) is 6.54 Å². The molecule has 0 bridgehead atoms. The Hall–Kier alpha value is -0.870. The molecule has 0 fully saturated rings. The molecule has 0 aliphatic carbocycles. The summed E-state index contributed by atoms with van der Waals surface area (Å²) in [5.74, 6) is 1.74. The van der Waals surface area contributed by atoms with Gasteiger partial charge in [-0.2, -0.15) is 0 Å². The highest BCUT2D eigenvalue weighted by Crippen LogP contribution is 2.36. The van der Waals surface area contributed by atoms with Gasteiger partial charge in [0.15, 0.2) is 11.5 Å². The number of nitrogens with one attached hydrogen (secondary N) is 1. The molecule has 0 saturated heterocycles. The highest BCUT2D eigenvalue weighted by Gasteiger charge is 2.20. The Morgan fingerprint density at radius 3 is 2.35 bits per heavy atom. The molecule has 112 valence electrons. The van der Waals surface area contributed by atoms with Gasteiger partial charge in [0, 0.05) is 17.5 Å². The van der Waals surface area contributed by atoms with Crippen LogP contribution >= 0.6 is 11.8 Å². The monoisotopic (exact) mass is 295 g/mol. The van der Waals surface area contributed by atoms with Crippen LogP contribution in [0.1, 0.15) is 33.3 Å². The van der Waals surface area contributed by atoms with Crippen LogP contribution < -0.4 is 14.8 Å². The predicted molar refractivity (Wildman–Crippen MR) is 85.0 cm³/mol. The van der Waals surface area contributed by atoms with Gasteiger partial charge in [0.05, 0.1) is 0 Å². The van der Waals surface area contributed by atoms with E-state index < -0.39 is 0 Å². The molecule has 0 amide bonds. The minimum Gasteiger partial charge on any atom is -0.486 e. The fourth-order valence-corrected chi connectivity index (χ4v) is 2.63. The van der Waals surface area contributed by atoms with Crippen LogP contribution in [0.2, 0.25) is 0 Å². The summed E-state index contributed by atoms with van der Waals surface area (Å²) in [5, 5.41) is 3.61. The zero-order chi connectivity index (χ0) is 14.8. The second kappa shape index (κ2) is 6.27.